The van der Waals surface area contributed by atoms with Gasteiger partial charge in [0, 0.05) is 11.8 Å². The van der Waals surface area contributed by atoms with Crippen LogP contribution in [0.2, 0.25) is 0 Å². The van der Waals surface area contributed by atoms with Crippen molar-refractivity contribution >= 4 is 5.65 Å². The second-order valence-corrected chi connectivity index (χ2v) is 4.03. The second kappa shape index (κ2) is 4.08. The number of benzene rings is 1. The van der Waals surface area contributed by atoms with Crippen molar-refractivity contribution in [2.24, 2.45) is 0 Å². The Balaban J connectivity index is 2.07. The lowest BCUT2D eigenvalue weighted by atomic mass is 10.1. The standard InChI is InChI=1S/C13H8F3N3/c14-13(15,16)10-6-4-9(5-7-10)12-18-17-11-3-1-2-8-19(11)12/h1-8H. The summed E-state index contributed by atoms with van der Waals surface area (Å²) < 4.78 is 39.2. The van der Waals surface area contributed by atoms with Gasteiger partial charge in [-0.2, -0.15) is 13.2 Å². The van der Waals surface area contributed by atoms with Crippen molar-refractivity contribution < 1.29 is 13.2 Å². The fraction of sp³-hybridized carbons (Fsp3) is 0.0769. The highest BCUT2D eigenvalue weighted by Gasteiger charge is 2.30. The maximum absolute atomic E-state index is 12.5. The van der Waals surface area contributed by atoms with Crippen LogP contribution in [0, 0.1) is 0 Å². The van der Waals surface area contributed by atoms with E-state index in [1.54, 1.807) is 16.7 Å². The second-order valence-electron chi connectivity index (χ2n) is 4.03. The highest BCUT2D eigenvalue weighted by Crippen LogP contribution is 2.30. The van der Waals surface area contributed by atoms with Crippen LogP contribution in [0.4, 0.5) is 13.2 Å². The molecule has 0 aliphatic rings. The third-order valence-corrected chi connectivity index (χ3v) is 2.78. The number of nitrogens with zero attached hydrogens (tertiary/aromatic N) is 3. The lowest BCUT2D eigenvalue weighted by molar-refractivity contribution is -0.137. The van der Waals surface area contributed by atoms with Crippen LogP contribution in [0.25, 0.3) is 17.0 Å². The van der Waals surface area contributed by atoms with Gasteiger partial charge in [0.05, 0.1) is 5.56 Å². The van der Waals surface area contributed by atoms with Gasteiger partial charge >= 0.3 is 6.18 Å². The van der Waals surface area contributed by atoms with Gasteiger partial charge in [0.1, 0.15) is 0 Å². The smallest absolute Gasteiger partial charge is 0.282 e. The molecular weight excluding hydrogens is 255 g/mol. The molecule has 0 saturated carbocycles. The van der Waals surface area contributed by atoms with Gasteiger partial charge in [-0.15, -0.1) is 10.2 Å². The number of hydrogen-bond donors (Lipinski definition) is 0. The predicted octanol–water partition coefficient (Wildman–Crippen LogP) is 3.42. The van der Waals surface area contributed by atoms with E-state index in [2.05, 4.69) is 10.2 Å². The molecule has 2 aromatic heterocycles. The molecule has 6 heteroatoms. The Morgan fingerprint density at radius 3 is 2.32 bits per heavy atom. The van der Waals surface area contributed by atoms with Gasteiger partial charge < -0.3 is 0 Å². The Bertz CT molecular complexity index is 714. The van der Waals surface area contributed by atoms with E-state index in [0.29, 0.717) is 17.0 Å². The van der Waals surface area contributed by atoms with Crippen LogP contribution < -0.4 is 0 Å². The van der Waals surface area contributed by atoms with Crippen LogP contribution >= 0.6 is 0 Å². The monoisotopic (exact) mass is 263 g/mol. The first-order chi connectivity index (χ1) is 9.05. The Kier molecular flexibility index (Phi) is 2.51. The minimum atomic E-state index is -4.33. The highest BCUT2D eigenvalue weighted by molar-refractivity contribution is 5.59. The van der Waals surface area contributed by atoms with Crippen LogP contribution in [-0.4, -0.2) is 14.6 Å². The summed E-state index contributed by atoms with van der Waals surface area (Å²) in [5.74, 6) is 0.518. The lowest BCUT2D eigenvalue weighted by Gasteiger charge is -2.06. The molecule has 19 heavy (non-hydrogen) atoms. The zero-order valence-corrected chi connectivity index (χ0v) is 9.59. The van der Waals surface area contributed by atoms with Crippen LogP contribution in [-0.2, 0) is 6.18 Å². The van der Waals surface area contributed by atoms with Crippen molar-refractivity contribution in [1.29, 1.82) is 0 Å². The van der Waals surface area contributed by atoms with Gasteiger partial charge in [-0.3, -0.25) is 4.40 Å². The highest BCUT2D eigenvalue weighted by atomic mass is 19.4. The van der Waals surface area contributed by atoms with E-state index >= 15 is 0 Å². The Morgan fingerprint density at radius 1 is 0.895 bits per heavy atom. The summed E-state index contributed by atoms with van der Waals surface area (Å²) in [6.07, 6.45) is -2.56. The minimum Gasteiger partial charge on any atom is -0.282 e. The van der Waals surface area contributed by atoms with Gasteiger partial charge in [0.25, 0.3) is 0 Å². The molecule has 1 aromatic carbocycles. The molecule has 0 fully saturated rings. The van der Waals surface area contributed by atoms with E-state index < -0.39 is 11.7 Å². The third kappa shape index (κ3) is 2.05. The number of rotatable bonds is 1. The molecular formula is C13H8F3N3. The number of pyridine rings is 1. The Labute approximate surface area is 106 Å². The molecule has 3 nitrogen and oxygen atoms in total. The summed E-state index contributed by atoms with van der Waals surface area (Å²) in [7, 11) is 0. The van der Waals surface area contributed by atoms with Crippen LogP contribution in [0.5, 0.6) is 0 Å². The zero-order chi connectivity index (χ0) is 13.5. The quantitative estimate of drug-likeness (QED) is 0.673. The molecule has 3 aromatic rings. The maximum Gasteiger partial charge on any atom is 0.416 e. The van der Waals surface area contributed by atoms with Crippen LogP contribution in [0.1, 0.15) is 5.56 Å². The number of alkyl halides is 3. The molecule has 0 spiro atoms. The molecule has 0 saturated heterocycles. The first kappa shape index (κ1) is 11.7. The topological polar surface area (TPSA) is 30.2 Å². The molecule has 0 atom stereocenters. The predicted molar refractivity (Wildman–Crippen MR) is 63.4 cm³/mol. The number of halogens is 3. The van der Waals surface area contributed by atoms with Gasteiger partial charge in [0.2, 0.25) is 0 Å². The zero-order valence-electron chi connectivity index (χ0n) is 9.59. The van der Waals surface area contributed by atoms with Gasteiger partial charge in [0.15, 0.2) is 11.5 Å². The SMILES string of the molecule is FC(F)(F)c1ccc(-c2nnc3ccccn23)cc1. The molecule has 0 aliphatic carbocycles. The molecule has 2 heterocycles. The average Bonchev–Trinajstić information content (AvgIpc) is 2.82. The number of fused-ring (bicyclic) bond motifs is 1. The van der Waals surface area contributed by atoms with E-state index in [4.69, 9.17) is 0 Å². The summed E-state index contributed by atoms with van der Waals surface area (Å²) in [5, 5.41) is 7.95. The molecule has 0 amide bonds. The molecule has 0 N–H and O–H groups in total. The lowest BCUT2D eigenvalue weighted by Crippen LogP contribution is -2.04. The van der Waals surface area contributed by atoms with E-state index in [1.807, 2.05) is 12.1 Å². The summed E-state index contributed by atoms with van der Waals surface area (Å²) in [6.45, 7) is 0. The molecule has 0 unspecified atom stereocenters. The van der Waals surface area contributed by atoms with E-state index in [-0.39, 0.29) is 0 Å². The van der Waals surface area contributed by atoms with Crippen molar-refractivity contribution in [3.8, 4) is 11.4 Å². The van der Waals surface area contributed by atoms with Crippen molar-refractivity contribution in [2.45, 2.75) is 6.18 Å². The van der Waals surface area contributed by atoms with Crippen molar-refractivity contribution in [3.63, 3.8) is 0 Å². The molecule has 0 bridgehead atoms. The summed E-state index contributed by atoms with van der Waals surface area (Å²) in [5.41, 5.74) is 0.564. The number of aromatic nitrogens is 3. The largest absolute Gasteiger partial charge is 0.416 e. The average molecular weight is 263 g/mol. The molecule has 3 rings (SSSR count). The Hall–Kier alpha value is -2.37. The van der Waals surface area contributed by atoms with Crippen molar-refractivity contribution in [1.82, 2.24) is 14.6 Å². The van der Waals surface area contributed by atoms with E-state index in [0.717, 1.165) is 12.1 Å². The van der Waals surface area contributed by atoms with Crippen LogP contribution in [0.3, 0.4) is 0 Å². The maximum atomic E-state index is 12.5. The third-order valence-electron chi connectivity index (χ3n) is 2.78. The summed E-state index contributed by atoms with van der Waals surface area (Å²) >= 11 is 0. The fourth-order valence-electron chi connectivity index (χ4n) is 1.85. The number of hydrogen-bond acceptors (Lipinski definition) is 2. The summed E-state index contributed by atoms with van der Waals surface area (Å²) in [4.78, 5) is 0. The Morgan fingerprint density at radius 2 is 1.63 bits per heavy atom. The molecule has 0 radical (unpaired) electrons. The fourth-order valence-corrected chi connectivity index (χ4v) is 1.85. The van der Waals surface area contributed by atoms with Gasteiger partial charge in [-0.05, 0) is 24.3 Å². The minimum absolute atomic E-state index is 0.518. The normalized spacial score (nSPS) is 11.9. The first-order valence-corrected chi connectivity index (χ1v) is 5.53. The van der Waals surface area contributed by atoms with Crippen LogP contribution in [0.15, 0.2) is 48.7 Å². The first-order valence-electron chi connectivity index (χ1n) is 5.53. The molecule has 96 valence electrons. The van der Waals surface area contributed by atoms with Crippen molar-refractivity contribution in [3.05, 3.63) is 54.2 Å². The van der Waals surface area contributed by atoms with E-state index in [1.165, 1.54) is 12.1 Å². The summed E-state index contributed by atoms with van der Waals surface area (Å²) in [6, 6.07) is 10.3. The van der Waals surface area contributed by atoms with Crippen molar-refractivity contribution in [2.75, 3.05) is 0 Å². The van der Waals surface area contributed by atoms with E-state index in [9.17, 15) is 13.2 Å². The molecule has 0 aliphatic heterocycles. The van der Waals surface area contributed by atoms with Gasteiger partial charge in [-0.1, -0.05) is 18.2 Å². The van der Waals surface area contributed by atoms with Gasteiger partial charge in [-0.25, -0.2) is 0 Å².